The molecule has 0 bridgehead atoms. The molecule has 0 radical (unpaired) electrons. The first kappa shape index (κ1) is 11.8. The van der Waals surface area contributed by atoms with Crippen molar-refractivity contribution >= 4 is 5.78 Å². The normalized spacial score (nSPS) is 11.5. The molecule has 0 aliphatic heterocycles. The number of hydrogen-bond donors (Lipinski definition) is 0. The van der Waals surface area contributed by atoms with Crippen LogP contribution in [0, 0.1) is 0 Å². The van der Waals surface area contributed by atoms with Crippen LogP contribution in [0.4, 0.5) is 8.78 Å². The summed E-state index contributed by atoms with van der Waals surface area (Å²) in [6.45, 7) is 3.08. The van der Waals surface area contributed by atoms with E-state index in [9.17, 15) is 13.6 Å². The summed E-state index contributed by atoms with van der Waals surface area (Å²) in [5.74, 6) is -3.02. The monoisotopic (exact) mass is 212 g/mol. The van der Waals surface area contributed by atoms with E-state index in [1.54, 1.807) is 13.0 Å². The van der Waals surface area contributed by atoms with Gasteiger partial charge in [0.15, 0.2) is 5.78 Å². The van der Waals surface area contributed by atoms with Gasteiger partial charge >= 0.3 is 0 Å². The quantitative estimate of drug-likeness (QED) is 0.694. The summed E-state index contributed by atoms with van der Waals surface area (Å²) in [7, 11) is 0. The average molecular weight is 212 g/mol. The van der Waals surface area contributed by atoms with Crippen molar-refractivity contribution in [3.8, 4) is 0 Å². The predicted octanol–water partition coefficient (Wildman–Crippen LogP) is 3.78. The summed E-state index contributed by atoms with van der Waals surface area (Å²) in [6.07, 6.45) is 0.228. The van der Waals surface area contributed by atoms with Gasteiger partial charge in [0.2, 0.25) is 0 Å². The summed E-state index contributed by atoms with van der Waals surface area (Å²) in [5, 5.41) is 0. The minimum atomic E-state index is -2.83. The fourth-order valence-electron chi connectivity index (χ4n) is 1.42. The number of carbonyl (C=O) groups excluding carboxylic acids is 1. The molecule has 1 rings (SSSR count). The first-order valence-corrected chi connectivity index (χ1v) is 4.96. The minimum Gasteiger partial charge on any atom is -0.295 e. The number of rotatable bonds is 4. The molecule has 0 unspecified atom stereocenters. The smallest absolute Gasteiger partial charge is 0.273 e. The minimum absolute atomic E-state index is 0.0722. The lowest BCUT2D eigenvalue weighted by atomic mass is 10.0. The molecule has 1 nitrogen and oxygen atoms in total. The Morgan fingerprint density at radius 1 is 1.40 bits per heavy atom. The van der Waals surface area contributed by atoms with Gasteiger partial charge in [-0.25, -0.2) is 8.78 Å². The molecular weight excluding hydrogens is 198 g/mol. The molecule has 3 heteroatoms. The Morgan fingerprint density at radius 3 is 2.60 bits per heavy atom. The molecule has 15 heavy (non-hydrogen) atoms. The van der Waals surface area contributed by atoms with Crippen LogP contribution in [0.3, 0.4) is 0 Å². The van der Waals surface area contributed by atoms with Gasteiger partial charge in [-0.15, -0.1) is 0 Å². The van der Waals surface area contributed by atoms with Crippen molar-refractivity contribution < 1.29 is 13.6 Å². The van der Waals surface area contributed by atoms with Crippen molar-refractivity contribution in [3.05, 3.63) is 35.4 Å². The van der Waals surface area contributed by atoms with Gasteiger partial charge in [-0.1, -0.05) is 31.5 Å². The van der Waals surface area contributed by atoms with Crippen molar-refractivity contribution in [3.63, 3.8) is 0 Å². The van der Waals surface area contributed by atoms with E-state index in [4.69, 9.17) is 0 Å². The van der Waals surface area contributed by atoms with Crippen LogP contribution in [0.25, 0.3) is 0 Å². The number of Topliss-reactive ketones (excluding diaryl/α,β-unsaturated/α-hetero) is 1. The molecule has 0 heterocycles. The molecule has 0 atom stereocenters. The summed E-state index contributed by atoms with van der Waals surface area (Å²) >= 11 is 0. The third kappa shape index (κ3) is 2.85. The second-order valence-electron chi connectivity index (χ2n) is 3.59. The summed E-state index contributed by atoms with van der Waals surface area (Å²) in [6, 6.07) is 5.68. The summed E-state index contributed by atoms with van der Waals surface area (Å²) in [4.78, 5) is 11.0. The SMILES string of the molecule is CCCC(F)(F)c1cccc(C(C)=O)c1. The Hall–Kier alpha value is -1.25. The lowest BCUT2D eigenvalue weighted by molar-refractivity contribution is -0.0140. The molecule has 1 aromatic rings. The van der Waals surface area contributed by atoms with E-state index in [0.29, 0.717) is 12.0 Å². The molecule has 0 saturated heterocycles. The van der Waals surface area contributed by atoms with Crippen molar-refractivity contribution in [2.75, 3.05) is 0 Å². The van der Waals surface area contributed by atoms with E-state index in [2.05, 4.69) is 0 Å². The molecule has 0 aliphatic carbocycles. The molecule has 0 aromatic heterocycles. The number of carbonyl (C=O) groups is 1. The lowest BCUT2D eigenvalue weighted by Gasteiger charge is -2.16. The Kier molecular flexibility index (Phi) is 3.56. The zero-order valence-electron chi connectivity index (χ0n) is 8.89. The van der Waals surface area contributed by atoms with Crippen LogP contribution in [0.15, 0.2) is 24.3 Å². The van der Waals surface area contributed by atoms with Gasteiger partial charge < -0.3 is 0 Å². The van der Waals surface area contributed by atoms with Crippen LogP contribution in [-0.4, -0.2) is 5.78 Å². The third-order valence-electron chi connectivity index (χ3n) is 2.26. The number of ketones is 1. The molecular formula is C12H14F2O. The second kappa shape index (κ2) is 4.51. The van der Waals surface area contributed by atoms with Gasteiger partial charge in [0.1, 0.15) is 0 Å². The van der Waals surface area contributed by atoms with Crippen molar-refractivity contribution in [1.29, 1.82) is 0 Å². The van der Waals surface area contributed by atoms with E-state index < -0.39 is 5.92 Å². The van der Waals surface area contributed by atoms with Gasteiger partial charge in [-0.2, -0.15) is 0 Å². The maximum atomic E-state index is 13.5. The zero-order chi connectivity index (χ0) is 11.5. The topological polar surface area (TPSA) is 17.1 Å². The van der Waals surface area contributed by atoms with Gasteiger partial charge in [0.25, 0.3) is 5.92 Å². The summed E-state index contributed by atoms with van der Waals surface area (Å²) in [5.41, 5.74) is 0.264. The van der Waals surface area contributed by atoms with Gasteiger partial charge in [-0.3, -0.25) is 4.79 Å². The highest BCUT2D eigenvalue weighted by atomic mass is 19.3. The van der Waals surface area contributed by atoms with E-state index in [1.165, 1.54) is 25.1 Å². The number of halogens is 2. The third-order valence-corrected chi connectivity index (χ3v) is 2.26. The molecule has 0 saturated carbocycles. The standard InChI is InChI=1S/C12H14F2O/c1-3-7-12(13,14)11-6-4-5-10(8-11)9(2)15/h4-6,8H,3,7H2,1-2H3. The second-order valence-corrected chi connectivity index (χ2v) is 3.59. The van der Waals surface area contributed by atoms with Crippen molar-refractivity contribution in [1.82, 2.24) is 0 Å². The van der Waals surface area contributed by atoms with E-state index in [-0.39, 0.29) is 17.8 Å². The number of alkyl halides is 2. The Balaban J connectivity index is 3.04. The van der Waals surface area contributed by atoms with Crippen LogP contribution in [0.5, 0.6) is 0 Å². The molecule has 82 valence electrons. The van der Waals surface area contributed by atoms with E-state index >= 15 is 0 Å². The molecule has 0 amide bonds. The van der Waals surface area contributed by atoms with Crippen LogP contribution in [-0.2, 0) is 5.92 Å². The van der Waals surface area contributed by atoms with Crippen LogP contribution in [0.1, 0.15) is 42.6 Å². The van der Waals surface area contributed by atoms with E-state index in [0.717, 1.165) is 0 Å². The lowest BCUT2D eigenvalue weighted by Crippen LogP contribution is -2.13. The highest BCUT2D eigenvalue weighted by molar-refractivity contribution is 5.94. The fourth-order valence-corrected chi connectivity index (χ4v) is 1.42. The van der Waals surface area contributed by atoms with Crippen molar-refractivity contribution in [2.24, 2.45) is 0 Å². The Morgan fingerprint density at radius 2 is 2.07 bits per heavy atom. The van der Waals surface area contributed by atoms with Crippen LogP contribution < -0.4 is 0 Å². The maximum Gasteiger partial charge on any atom is 0.273 e. The molecule has 0 N–H and O–H groups in total. The fraction of sp³-hybridized carbons (Fsp3) is 0.417. The van der Waals surface area contributed by atoms with E-state index in [1.807, 2.05) is 0 Å². The molecule has 0 fully saturated rings. The van der Waals surface area contributed by atoms with Crippen LogP contribution in [0.2, 0.25) is 0 Å². The van der Waals surface area contributed by atoms with Crippen LogP contribution >= 0.6 is 0 Å². The summed E-state index contributed by atoms with van der Waals surface area (Å²) < 4.78 is 27.0. The first-order valence-electron chi connectivity index (χ1n) is 4.96. The predicted molar refractivity (Wildman–Crippen MR) is 55.2 cm³/mol. The average Bonchev–Trinajstić information content (AvgIpc) is 2.18. The molecule has 1 aromatic carbocycles. The highest BCUT2D eigenvalue weighted by Crippen LogP contribution is 2.33. The number of benzene rings is 1. The van der Waals surface area contributed by atoms with Crippen molar-refractivity contribution in [2.45, 2.75) is 32.6 Å². The molecule has 0 spiro atoms. The Bertz CT molecular complexity index is 358. The highest BCUT2D eigenvalue weighted by Gasteiger charge is 2.30. The Labute approximate surface area is 88.1 Å². The molecule has 0 aliphatic rings. The van der Waals surface area contributed by atoms with Gasteiger partial charge in [-0.05, 0) is 13.0 Å². The number of hydrogen-bond acceptors (Lipinski definition) is 1. The first-order chi connectivity index (χ1) is 6.97. The van der Waals surface area contributed by atoms with Gasteiger partial charge in [0, 0.05) is 17.5 Å². The zero-order valence-corrected chi connectivity index (χ0v) is 8.89. The maximum absolute atomic E-state index is 13.5. The van der Waals surface area contributed by atoms with Gasteiger partial charge in [0.05, 0.1) is 0 Å². The largest absolute Gasteiger partial charge is 0.295 e.